The summed E-state index contributed by atoms with van der Waals surface area (Å²) in [6, 6.07) is 13.2. The van der Waals surface area contributed by atoms with E-state index in [0.717, 1.165) is 18.7 Å². The Morgan fingerprint density at radius 2 is 1.73 bits per heavy atom. The fraction of sp³-hybridized carbons (Fsp3) is 0.395. The second kappa shape index (κ2) is 16.5. The molecule has 270 valence electrons. The van der Waals surface area contributed by atoms with Gasteiger partial charge >= 0.3 is 18.1 Å². The van der Waals surface area contributed by atoms with Gasteiger partial charge in [-0.05, 0) is 100 Å². The molecular formula is C38H45FN6O6. The lowest BCUT2D eigenvalue weighted by atomic mass is 9.93. The van der Waals surface area contributed by atoms with E-state index in [2.05, 4.69) is 31.4 Å². The maximum absolute atomic E-state index is 15.5. The van der Waals surface area contributed by atoms with Crippen LogP contribution < -0.4 is 21.3 Å². The number of benzene rings is 2. The molecule has 2 heterocycles. The quantitative estimate of drug-likeness (QED) is 0.142. The van der Waals surface area contributed by atoms with Crippen molar-refractivity contribution in [3.8, 4) is 0 Å². The molecule has 2 unspecified atom stereocenters. The smallest absolute Gasteiger partial charge is 0.412 e. The number of urea groups is 1. The summed E-state index contributed by atoms with van der Waals surface area (Å²) >= 11 is 0. The molecule has 1 aliphatic carbocycles. The predicted molar refractivity (Wildman–Crippen MR) is 194 cm³/mol. The van der Waals surface area contributed by atoms with Crippen molar-refractivity contribution in [2.24, 2.45) is 11.1 Å². The first kappa shape index (κ1) is 36.8. The van der Waals surface area contributed by atoms with Crippen molar-refractivity contribution in [1.29, 1.82) is 0 Å². The number of amides is 3. The van der Waals surface area contributed by atoms with Crippen molar-refractivity contribution < 1.29 is 33.5 Å². The fourth-order valence-electron chi connectivity index (χ4n) is 5.91. The van der Waals surface area contributed by atoms with Crippen LogP contribution in [0.25, 0.3) is 5.76 Å². The second-order valence-corrected chi connectivity index (χ2v) is 13.9. The molecular weight excluding hydrogens is 655 g/mol. The van der Waals surface area contributed by atoms with Gasteiger partial charge in [0, 0.05) is 35.2 Å². The molecule has 2 atom stereocenters. The molecule has 1 saturated carbocycles. The van der Waals surface area contributed by atoms with Gasteiger partial charge in [-0.1, -0.05) is 37.4 Å². The van der Waals surface area contributed by atoms with E-state index >= 15 is 4.39 Å². The Balaban J connectivity index is 1.17. The zero-order chi connectivity index (χ0) is 36.5. The number of nitrogens with one attached hydrogen (secondary N) is 4. The number of anilines is 3. The van der Waals surface area contributed by atoms with Gasteiger partial charge in [0.25, 0.3) is 0 Å². The number of hydrogen-bond donors (Lipinski definition) is 5. The Labute approximate surface area is 296 Å². The molecule has 1 aromatic heterocycles. The lowest BCUT2D eigenvalue weighted by Crippen LogP contribution is -2.44. The van der Waals surface area contributed by atoms with Crippen molar-refractivity contribution in [3.05, 3.63) is 89.4 Å². The number of oxime groups is 1. The van der Waals surface area contributed by atoms with E-state index in [1.807, 2.05) is 13.0 Å². The number of pyridine rings is 1. The summed E-state index contributed by atoms with van der Waals surface area (Å²) in [6.45, 7) is 7.26. The molecule has 0 saturated heterocycles. The number of rotatable bonds is 10. The number of nitrogens with zero attached hydrogens (tertiary/aromatic N) is 2. The van der Waals surface area contributed by atoms with Gasteiger partial charge in [-0.25, -0.2) is 23.8 Å². The van der Waals surface area contributed by atoms with Gasteiger partial charge in [0.1, 0.15) is 23.3 Å². The summed E-state index contributed by atoms with van der Waals surface area (Å²) in [7, 11) is 0. The lowest BCUT2D eigenvalue weighted by Gasteiger charge is -2.23. The minimum absolute atomic E-state index is 0.147. The average Bonchev–Trinajstić information content (AvgIpc) is 3.26. The number of carboxylic acids is 1. The third-order valence-corrected chi connectivity index (χ3v) is 8.51. The van der Waals surface area contributed by atoms with Gasteiger partial charge in [0.2, 0.25) is 0 Å². The zero-order valence-electron chi connectivity index (χ0n) is 29.3. The highest BCUT2D eigenvalue weighted by atomic mass is 19.1. The summed E-state index contributed by atoms with van der Waals surface area (Å²) in [5, 5.41) is 25.3. The number of carbonyl (C=O) groups is 3. The number of allylic oxidation sites excluding steroid dienone is 1. The molecule has 12 nitrogen and oxygen atoms in total. The van der Waals surface area contributed by atoms with Crippen molar-refractivity contribution in [3.63, 3.8) is 0 Å². The molecule has 51 heavy (non-hydrogen) atoms. The lowest BCUT2D eigenvalue weighted by molar-refractivity contribution is -0.139. The molecule has 3 amide bonds. The van der Waals surface area contributed by atoms with Crippen LogP contribution in [-0.4, -0.2) is 51.6 Å². The van der Waals surface area contributed by atoms with Gasteiger partial charge in [0.15, 0.2) is 5.76 Å². The van der Waals surface area contributed by atoms with Crippen molar-refractivity contribution in [2.45, 2.75) is 90.3 Å². The van der Waals surface area contributed by atoms with E-state index in [4.69, 9.17) is 9.57 Å². The van der Waals surface area contributed by atoms with Crippen LogP contribution in [0, 0.1) is 11.7 Å². The van der Waals surface area contributed by atoms with Crippen LogP contribution in [0.3, 0.4) is 0 Å². The third-order valence-electron chi connectivity index (χ3n) is 8.51. The topological polar surface area (TPSA) is 163 Å². The van der Waals surface area contributed by atoms with E-state index < -0.39 is 35.6 Å². The number of aromatic nitrogens is 1. The first-order chi connectivity index (χ1) is 24.3. The highest BCUT2D eigenvalue weighted by molar-refractivity contribution is 6.02. The summed E-state index contributed by atoms with van der Waals surface area (Å²) in [6.07, 6.45) is 9.03. The molecule has 1 aliphatic heterocycles. The standard InChI is InChI=1S/C38H45FN6O6/c1-23-10-18-32(25-12-14-27(15-13-25)43-37(49)50-38(2,3)4)51-45-34(23)29-17-11-24(20-30(29)39)21-31(35(46)47)44-36(48)42-28-16-19-33(40-22-28)41-26-8-6-5-7-9-26/h11-20,22-23,26,31H,5-10,21H2,1-4H3,(H,40,41)(H,43,49)(H,46,47)(H2,42,44,48). The highest BCUT2D eigenvalue weighted by Gasteiger charge is 2.25. The van der Waals surface area contributed by atoms with Crippen LogP contribution >= 0.6 is 0 Å². The second-order valence-electron chi connectivity index (χ2n) is 13.9. The van der Waals surface area contributed by atoms with Gasteiger partial charge in [-0.2, -0.15) is 0 Å². The van der Waals surface area contributed by atoms with Gasteiger partial charge in [0.05, 0.1) is 17.6 Å². The van der Waals surface area contributed by atoms with Crippen LogP contribution in [0.1, 0.15) is 82.9 Å². The number of ether oxygens (including phenoxy) is 1. The largest absolute Gasteiger partial charge is 0.480 e. The summed E-state index contributed by atoms with van der Waals surface area (Å²) in [5.41, 5.74) is 2.06. The Hall–Kier alpha value is -5.46. The molecule has 0 bridgehead atoms. The molecule has 13 heteroatoms. The minimum atomic E-state index is -1.31. The number of aliphatic carboxylic acids is 1. The minimum Gasteiger partial charge on any atom is -0.480 e. The molecule has 1 fully saturated rings. The first-order valence-corrected chi connectivity index (χ1v) is 17.2. The summed E-state index contributed by atoms with van der Waals surface area (Å²) < 4.78 is 20.8. The number of hydrogen-bond acceptors (Lipinski definition) is 8. The Kier molecular flexibility index (Phi) is 11.9. The molecule has 5 N–H and O–H groups in total. The van der Waals surface area contributed by atoms with Gasteiger partial charge in [-0.15, -0.1) is 0 Å². The first-order valence-electron chi connectivity index (χ1n) is 17.2. The van der Waals surface area contributed by atoms with E-state index in [0.29, 0.717) is 46.4 Å². The molecule has 2 aromatic carbocycles. The number of carboxylic acid groups (broad SMARTS) is 1. The monoisotopic (exact) mass is 700 g/mol. The van der Waals surface area contributed by atoms with E-state index in [1.165, 1.54) is 31.5 Å². The Bertz CT molecular complexity index is 1760. The SMILES string of the molecule is CC1CC=C(c2ccc(NC(=O)OC(C)(C)C)cc2)ON=C1c1ccc(CC(NC(=O)Nc2ccc(NC3CCCCC3)nc2)C(=O)O)cc1F. The molecule has 0 radical (unpaired) electrons. The van der Waals surface area contributed by atoms with Crippen LogP contribution in [0.4, 0.5) is 31.2 Å². The van der Waals surface area contributed by atoms with E-state index in [-0.39, 0.29) is 17.9 Å². The van der Waals surface area contributed by atoms with Crippen LogP contribution in [0.15, 0.2) is 72.0 Å². The maximum atomic E-state index is 15.5. The average molecular weight is 701 g/mol. The van der Waals surface area contributed by atoms with Crippen molar-refractivity contribution in [1.82, 2.24) is 10.3 Å². The molecule has 5 rings (SSSR count). The van der Waals surface area contributed by atoms with E-state index in [1.54, 1.807) is 69.3 Å². The predicted octanol–water partition coefficient (Wildman–Crippen LogP) is 7.93. The third kappa shape index (κ3) is 10.8. The van der Waals surface area contributed by atoms with Crippen molar-refractivity contribution in [2.75, 3.05) is 16.0 Å². The number of halogens is 1. The van der Waals surface area contributed by atoms with Crippen LogP contribution in [0.5, 0.6) is 0 Å². The summed E-state index contributed by atoms with van der Waals surface area (Å²) in [5.74, 6) is -0.851. The molecule has 0 spiro atoms. The van der Waals surface area contributed by atoms with Crippen LogP contribution in [-0.2, 0) is 20.8 Å². The molecule has 3 aromatic rings. The maximum Gasteiger partial charge on any atom is 0.412 e. The summed E-state index contributed by atoms with van der Waals surface area (Å²) in [4.78, 5) is 46.9. The van der Waals surface area contributed by atoms with E-state index in [9.17, 15) is 19.5 Å². The Morgan fingerprint density at radius 3 is 2.37 bits per heavy atom. The fourth-order valence-corrected chi connectivity index (χ4v) is 5.91. The van der Waals surface area contributed by atoms with Crippen LogP contribution in [0.2, 0.25) is 0 Å². The highest BCUT2D eigenvalue weighted by Crippen LogP contribution is 2.28. The van der Waals surface area contributed by atoms with Gasteiger partial charge < -0.3 is 30.6 Å². The van der Waals surface area contributed by atoms with Gasteiger partial charge in [-0.3, -0.25) is 5.32 Å². The number of carbonyl (C=O) groups excluding carboxylic acids is 2. The molecule has 2 aliphatic rings. The Morgan fingerprint density at radius 1 is 1.00 bits per heavy atom. The van der Waals surface area contributed by atoms with Crippen molar-refractivity contribution >= 4 is 46.8 Å². The normalized spacial score (nSPS) is 17.1. The zero-order valence-corrected chi connectivity index (χ0v) is 29.3.